The Labute approximate surface area is 116 Å². The van der Waals surface area contributed by atoms with E-state index in [4.69, 9.17) is 17.3 Å². The van der Waals surface area contributed by atoms with Crippen molar-refractivity contribution in [2.75, 3.05) is 0 Å². The van der Waals surface area contributed by atoms with Gasteiger partial charge in [-0.25, -0.2) is 0 Å². The van der Waals surface area contributed by atoms with Crippen LogP contribution in [0.2, 0.25) is 5.02 Å². The molecule has 96 valence electrons. The van der Waals surface area contributed by atoms with E-state index in [-0.39, 0.29) is 0 Å². The molecule has 19 heavy (non-hydrogen) atoms. The standard InChI is InChI=1S/C15H14ClN3/c16-12-5-3-4-11(8-12)10-19-15-7-2-1-6-13(15)14(9-17)18-19/h1-8H,9-10,17H2. The second-order valence-electron chi connectivity index (χ2n) is 4.46. The van der Waals surface area contributed by atoms with Crippen molar-refractivity contribution >= 4 is 22.5 Å². The predicted molar refractivity (Wildman–Crippen MR) is 78.2 cm³/mol. The Morgan fingerprint density at radius 1 is 1.11 bits per heavy atom. The van der Waals surface area contributed by atoms with Gasteiger partial charge in [-0.3, -0.25) is 4.68 Å². The van der Waals surface area contributed by atoms with E-state index < -0.39 is 0 Å². The van der Waals surface area contributed by atoms with Crippen molar-refractivity contribution in [1.29, 1.82) is 0 Å². The highest BCUT2D eigenvalue weighted by atomic mass is 35.5. The molecule has 3 rings (SSSR count). The largest absolute Gasteiger partial charge is 0.325 e. The van der Waals surface area contributed by atoms with Crippen LogP contribution in [0.15, 0.2) is 48.5 Å². The lowest BCUT2D eigenvalue weighted by molar-refractivity contribution is 0.694. The van der Waals surface area contributed by atoms with Crippen LogP contribution in [-0.4, -0.2) is 9.78 Å². The Balaban J connectivity index is 2.06. The number of para-hydroxylation sites is 1. The minimum Gasteiger partial charge on any atom is -0.325 e. The number of halogens is 1. The monoisotopic (exact) mass is 271 g/mol. The van der Waals surface area contributed by atoms with Crippen molar-refractivity contribution in [2.45, 2.75) is 13.1 Å². The predicted octanol–water partition coefficient (Wildman–Crippen LogP) is 3.20. The molecular formula is C15H14ClN3. The molecule has 1 aromatic heterocycles. The maximum Gasteiger partial charge on any atom is 0.0839 e. The molecule has 0 aliphatic rings. The summed E-state index contributed by atoms with van der Waals surface area (Å²) < 4.78 is 1.98. The lowest BCUT2D eigenvalue weighted by Crippen LogP contribution is -2.04. The maximum absolute atomic E-state index is 6.01. The third kappa shape index (κ3) is 2.35. The summed E-state index contributed by atoms with van der Waals surface area (Å²) in [7, 11) is 0. The number of hydrogen-bond donors (Lipinski definition) is 1. The number of nitrogens with zero attached hydrogens (tertiary/aromatic N) is 2. The summed E-state index contributed by atoms with van der Waals surface area (Å²) in [4.78, 5) is 0. The molecule has 2 aromatic carbocycles. The highest BCUT2D eigenvalue weighted by Gasteiger charge is 2.08. The topological polar surface area (TPSA) is 43.8 Å². The van der Waals surface area contributed by atoms with Crippen LogP contribution in [0.3, 0.4) is 0 Å². The first-order chi connectivity index (χ1) is 9.28. The molecule has 0 unspecified atom stereocenters. The average Bonchev–Trinajstić information content (AvgIpc) is 2.77. The first kappa shape index (κ1) is 12.2. The van der Waals surface area contributed by atoms with Gasteiger partial charge in [-0.05, 0) is 23.8 Å². The fraction of sp³-hybridized carbons (Fsp3) is 0.133. The van der Waals surface area contributed by atoms with Crippen LogP contribution in [0, 0.1) is 0 Å². The molecule has 0 atom stereocenters. The van der Waals surface area contributed by atoms with Gasteiger partial charge in [-0.1, -0.05) is 41.9 Å². The van der Waals surface area contributed by atoms with Gasteiger partial charge < -0.3 is 5.73 Å². The molecule has 0 bridgehead atoms. The quantitative estimate of drug-likeness (QED) is 0.795. The Kier molecular flexibility index (Phi) is 3.23. The number of aromatic nitrogens is 2. The number of nitrogens with two attached hydrogens (primary N) is 1. The molecule has 0 fully saturated rings. The molecule has 3 nitrogen and oxygen atoms in total. The van der Waals surface area contributed by atoms with E-state index in [1.807, 2.05) is 41.1 Å². The van der Waals surface area contributed by atoms with Crippen LogP contribution in [0.25, 0.3) is 10.9 Å². The first-order valence-electron chi connectivity index (χ1n) is 6.17. The van der Waals surface area contributed by atoms with E-state index in [2.05, 4.69) is 17.2 Å². The second-order valence-corrected chi connectivity index (χ2v) is 4.89. The van der Waals surface area contributed by atoms with E-state index in [1.165, 1.54) is 0 Å². The van der Waals surface area contributed by atoms with Crippen molar-refractivity contribution in [1.82, 2.24) is 9.78 Å². The van der Waals surface area contributed by atoms with E-state index in [1.54, 1.807) is 0 Å². The maximum atomic E-state index is 6.01. The molecule has 0 aliphatic carbocycles. The molecule has 3 aromatic rings. The Morgan fingerprint density at radius 2 is 1.95 bits per heavy atom. The van der Waals surface area contributed by atoms with Crippen molar-refractivity contribution in [3.63, 3.8) is 0 Å². The first-order valence-corrected chi connectivity index (χ1v) is 6.54. The second kappa shape index (κ2) is 5.03. The third-order valence-electron chi connectivity index (χ3n) is 3.15. The third-order valence-corrected chi connectivity index (χ3v) is 3.38. The Morgan fingerprint density at radius 3 is 2.74 bits per heavy atom. The Bertz CT molecular complexity index is 718. The summed E-state index contributed by atoms with van der Waals surface area (Å²) in [6.07, 6.45) is 0. The number of hydrogen-bond acceptors (Lipinski definition) is 2. The fourth-order valence-electron chi connectivity index (χ4n) is 2.28. The van der Waals surface area contributed by atoms with Gasteiger partial charge >= 0.3 is 0 Å². The highest BCUT2D eigenvalue weighted by Crippen LogP contribution is 2.20. The lowest BCUT2D eigenvalue weighted by atomic mass is 10.2. The van der Waals surface area contributed by atoms with Gasteiger partial charge in [0.15, 0.2) is 0 Å². The van der Waals surface area contributed by atoms with Crippen LogP contribution in [0.5, 0.6) is 0 Å². The highest BCUT2D eigenvalue weighted by molar-refractivity contribution is 6.30. The minimum absolute atomic E-state index is 0.447. The lowest BCUT2D eigenvalue weighted by Gasteiger charge is -2.04. The molecule has 0 saturated carbocycles. The van der Waals surface area contributed by atoms with Crippen molar-refractivity contribution in [2.24, 2.45) is 5.73 Å². The van der Waals surface area contributed by atoms with Crippen molar-refractivity contribution in [3.05, 3.63) is 64.8 Å². The summed E-state index contributed by atoms with van der Waals surface area (Å²) in [5.74, 6) is 0. The number of rotatable bonds is 3. The van der Waals surface area contributed by atoms with Gasteiger partial charge in [0.1, 0.15) is 0 Å². The van der Waals surface area contributed by atoms with Crippen LogP contribution < -0.4 is 5.73 Å². The Hall–Kier alpha value is -1.84. The summed E-state index contributed by atoms with van der Waals surface area (Å²) in [6, 6.07) is 16.0. The van der Waals surface area contributed by atoms with Crippen LogP contribution in [-0.2, 0) is 13.1 Å². The molecule has 4 heteroatoms. The summed E-state index contributed by atoms with van der Waals surface area (Å²) in [5.41, 5.74) is 8.91. The van der Waals surface area contributed by atoms with Crippen LogP contribution >= 0.6 is 11.6 Å². The molecule has 1 heterocycles. The average molecular weight is 272 g/mol. The smallest absolute Gasteiger partial charge is 0.0839 e. The summed E-state index contributed by atoms with van der Waals surface area (Å²) in [6.45, 7) is 1.14. The molecule has 0 spiro atoms. The van der Waals surface area contributed by atoms with E-state index >= 15 is 0 Å². The van der Waals surface area contributed by atoms with Gasteiger partial charge in [0.2, 0.25) is 0 Å². The van der Waals surface area contributed by atoms with Gasteiger partial charge in [0, 0.05) is 17.0 Å². The van der Waals surface area contributed by atoms with Crippen LogP contribution in [0.4, 0.5) is 0 Å². The molecule has 0 amide bonds. The molecule has 0 saturated heterocycles. The van der Waals surface area contributed by atoms with Gasteiger partial charge in [-0.2, -0.15) is 5.10 Å². The molecule has 2 N–H and O–H groups in total. The summed E-state index contributed by atoms with van der Waals surface area (Å²) in [5, 5.41) is 6.44. The molecule has 0 radical (unpaired) electrons. The van der Waals surface area contributed by atoms with E-state index in [0.717, 1.165) is 27.2 Å². The number of fused-ring (bicyclic) bond motifs is 1. The SMILES string of the molecule is NCc1nn(Cc2cccc(Cl)c2)c2ccccc12. The van der Waals surface area contributed by atoms with Crippen LogP contribution in [0.1, 0.15) is 11.3 Å². The van der Waals surface area contributed by atoms with E-state index in [0.29, 0.717) is 13.1 Å². The zero-order chi connectivity index (χ0) is 13.2. The zero-order valence-corrected chi connectivity index (χ0v) is 11.1. The summed E-state index contributed by atoms with van der Waals surface area (Å²) >= 11 is 6.01. The van der Waals surface area contributed by atoms with Crippen molar-refractivity contribution < 1.29 is 0 Å². The van der Waals surface area contributed by atoms with Gasteiger partial charge in [0.25, 0.3) is 0 Å². The minimum atomic E-state index is 0.447. The zero-order valence-electron chi connectivity index (χ0n) is 10.4. The fourth-order valence-corrected chi connectivity index (χ4v) is 2.49. The normalized spacial score (nSPS) is 11.1. The van der Waals surface area contributed by atoms with E-state index in [9.17, 15) is 0 Å². The van der Waals surface area contributed by atoms with Gasteiger partial charge in [-0.15, -0.1) is 0 Å². The molecular weight excluding hydrogens is 258 g/mol. The van der Waals surface area contributed by atoms with Gasteiger partial charge in [0.05, 0.1) is 17.8 Å². The van der Waals surface area contributed by atoms with Crippen molar-refractivity contribution in [3.8, 4) is 0 Å². The number of benzene rings is 2. The molecule has 0 aliphatic heterocycles.